The summed E-state index contributed by atoms with van der Waals surface area (Å²) in [4.78, 5) is 7.48. The van der Waals surface area contributed by atoms with Gasteiger partial charge in [-0.25, -0.2) is 13.8 Å². The molecule has 40 heavy (non-hydrogen) atoms. The molecule has 2 heterocycles. The molecule has 0 radical (unpaired) electrons. The largest absolute Gasteiger partial charge is 0.497 e. The molecule has 3 aromatic rings. The standard InChI is InChI=1S/C24H23ClF3N3O2S.C3H9N.CH4O/c1-32-16-9-8-15(19(12-16)33-2)14-31(21-7-5-6-20(27)29-21)34-24-17(26)13-18(22(25)23(24)28)30-10-3-4-11-30;1-4(2)3;1-2/h5-9,12-13H,3-4,10-11,14H2,1-2H3;1-3H3;2H,1H3. The van der Waals surface area contributed by atoms with Gasteiger partial charge in [0.2, 0.25) is 5.95 Å². The van der Waals surface area contributed by atoms with Gasteiger partial charge in [-0.15, -0.1) is 0 Å². The van der Waals surface area contributed by atoms with Crippen LogP contribution in [0.2, 0.25) is 5.02 Å². The predicted molar refractivity (Wildman–Crippen MR) is 156 cm³/mol. The molecule has 0 unspecified atom stereocenters. The summed E-state index contributed by atoms with van der Waals surface area (Å²) >= 11 is 7.08. The van der Waals surface area contributed by atoms with Crippen molar-refractivity contribution in [2.75, 3.05) is 64.8 Å². The lowest BCUT2D eigenvalue weighted by Crippen LogP contribution is -2.20. The molecule has 1 N–H and O–H groups in total. The molecule has 12 heteroatoms. The number of pyridine rings is 1. The number of benzene rings is 2. The molecule has 1 aliphatic heterocycles. The van der Waals surface area contributed by atoms with Crippen molar-refractivity contribution in [3.05, 3.63) is 70.6 Å². The highest BCUT2D eigenvalue weighted by atomic mass is 35.5. The van der Waals surface area contributed by atoms with Crippen LogP contribution < -0.4 is 18.7 Å². The molecule has 0 aliphatic carbocycles. The third-order valence-corrected chi connectivity index (χ3v) is 6.96. The Morgan fingerprint density at radius 3 is 2.23 bits per heavy atom. The van der Waals surface area contributed by atoms with E-state index in [9.17, 15) is 4.39 Å². The third kappa shape index (κ3) is 9.09. The topological polar surface area (TPSA) is 61.3 Å². The molecule has 220 valence electrons. The van der Waals surface area contributed by atoms with Gasteiger partial charge in [-0.3, -0.25) is 4.31 Å². The first-order valence-electron chi connectivity index (χ1n) is 12.4. The number of ether oxygens (including phenoxy) is 2. The second kappa shape index (κ2) is 16.4. The highest BCUT2D eigenvalue weighted by Crippen LogP contribution is 2.41. The first kappa shape index (κ1) is 33.3. The number of aliphatic hydroxyl groups is 1. The quantitative estimate of drug-likeness (QED) is 0.184. The van der Waals surface area contributed by atoms with Gasteiger partial charge in [0, 0.05) is 37.9 Å². The summed E-state index contributed by atoms with van der Waals surface area (Å²) in [6, 6.07) is 10.7. The normalized spacial score (nSPS) is 12.3. The summed E-state index contributed by atoms with van der Waals surface area (Å²) < 4.78 is 56.6. The lowest BCUT2D eigenvalue weighted by atomic mass is 10.2. The number of rotatable bonds is 8. The molecule has 0 amide bonds. The predicted octanol–water partition coefficient (Wildman–Crippen LogP) is 6.27. The summed E-state index contributed by atoms with van der Waals surface area (Å²) in [6.45, 7) is 1.50. The van der Waals surface area contributed by atoms with Gasteiger partial charge in [0.15, 0.2) is 5.82 Å². The van der Waals surface area contributed by atoms with Gasteiger partial charge < -0.3 is 24.4 Å². The van der Waals surface area contributed by atoms with E-state index in [-0.39, 0.29) is 22.3 Å². The molecule has 4 rings (SSSR count). The van der Waals surface area contributed by atoms with Gasteiger partial charge in [-0.1, -0.05) is 17.7 Å². The second-order valence-electron chi connectivity index (χ2n) is 8.99. The molecule has 1 fully saturated rings. The van der Waals surface area contributed by atoms with Crippen LogP contribution in [0.15, 0.2) is 47.4 Å². The summed E-state index contributed by atoms with van der Waals surface area (Å²) in [6.07, 6.45) is 1.89. The van der Waals surface area contributed by atoms with E-state index in [0.29, 0.717) is 35.8 Å². The molecule has 2 aromatic carbocycles. The van der Waals surface area contributed by atoms with E-state index in [4.69, 9.17) is 26.2 Å². The van der Waals surface area contributed by atoms with Crippen LogP contribution in [0, 0.1) is 17.6 Å². The van der Waals surface area contributed by atoms with Crippen molar-refractivity contribution in [3.8, 4) is 11.5 Å². The first-order chi connectivity index (χ1) is 19.1. The SMILES string of the molecule is CN(C)C.CO.COc1ccc(CN(Sc2c(F)cc(N3CCCC3)c(Cl)c2F)c2cccc(F)n2)c(OC)c1. The van der Waals surface area contributed by atoms with Crippen LogP contribution in [0.4, 0.5) is 24.7 Å². The minimum atomic E-state index is -0.864. The Kier molecular flexibility index (Phi) is 13.7. The van der Waals surface area contributed by atoms with Gasteiger partial charge >= 0.3 is 0 Å². The van der Waals surface area contributed by atoms with Crippen LogP contribution in [0.25, 0.3) is 0 Å². The Bertz CT molecular complexity index is 1230. The van der Waals surface area contributed by atoms with E-state index in [1.165, 1.54) is 36.7 Å². The van der Waals surface area contributed by atoms with Crippen molar-refractivity contribution < 1.29 is 27.8 Å². The molecule has 1 aromatic heterocycles. The minimum Gasteiger partial charge on any atom is -0.497 e. The summed E-state index contributed by atoms with van der Waals surface area (Å²) in [5.74, 6) is -1.06. The van der Waals surface area contributed by atoms with E-state index in [0.717, 1.165) is 31.9 Å². The Balaban J connectivity index is 0.000000858. The third-order valence-electron chi connectivity index (χ3n) is 5.51. The molecule has 0 atom stereocenters. The highest BCUT2D eigenvalue weighted by molar-refractivity contribution is 8.00. The molecule has 0 spiro atoms. The molecular formula is C28H36ClF3N4O3S. The molecule has 1 aliphatic rings. The van der Waals surface area contributed by atoms with Crippen LogP contribution in [0.3, 0.4) is 0 Å². The van der Waals surface area contributed by atoms with Crippen molar-refractivity contribution in [1.29, 1.82) is 0 Å². The maximum Gasteiger partial charge on any atom is 0.214 e. The van der Waals surface area contributed by atoms with Crippen LogP contribution >= 0.6 is 23.5 Å². The van der Waals surface area contributed by atoms with Gasteiger partial charge in [0.05, 0.1) is 26.5 Å². The number of anilines is 2. The van der Waals surface area contributed by atoms with E-state index >= 15 is 8.78 Å². The van der Waals surface area contributed by atoms with Gasteiger partial charge in [-0.2, -0.15) is 4.39 Å². The van der Waals surface area contributed by atoms with Crippen molar-refractivity contribution in [2.24, 2.45) is 0 Å². The maximum absolute atomic E-state index is 15.3. The van der Waals surface area contributed by atoms with E-state index in [1.807, 2.05) is 30.9 Å². The second-order valence-corrected chi connectivity index (χ2v) is 10.4. The van der Waals surface area contributed by atoms with Crippen LogP contribution in [-0.2, 0) is 6.54 Å². The zero-order valence-electron chi connectivity index (χ0n) is 23.5. The molecular weight excluding hydrogens is 565 g/mol. The number of methoxy groups -OCH3 is 2. The number of hydrogen-bond donors (Lipinski definition) is 1. The van der Waals surface area contributed by atoms with Crippen LogP contribution in [0.1, 0.15) is 18.4 Å². The average molecular weight is 601 g/mol. The molecule has 0 bridgehead atoms. The highest BCUT2D eigenvalue weighted by Gasteiger charge is 2.26. The fourth-order valence-electron chi connectivity index (χ4n) is 3.78. The smallest absolute Gasteiger partial charge is 0.214 e. The zero-order valence-corrected chi connectivity index (χ0v) is 25.1. The Morgan fingerprint density at radius 1 is 1.00 bits per heavy atom. The number of nitrogens with zero attached hydrogens (tertiary/aromatic N) is 4. The van der Waals surface area contributed by atoms with E-state index < -0.39 is 17.6 Å². The summed E-state index contributed by atoms with van der Waals surface area (Å²) in [7, 11) is 10.0. The first-order valence-corrected chi connectivity index (χ1v) is 13.6. The fourth-order valence-corrected chi connectivity index (χ4v) is 5.05. The lowest BCUT2D eigenvalue weighted by molar-refractivity contribution is 0.391. The monoisotopic (exact) mass is 600 g/mol. The molecule has 7 nitrogen and oxygen atoms in total. The van der Waals surface area contributed by atoms with Gasteiger partial charge in [0.1, 0.15) is 33.1 Å². The van der Waals surface area contributed by atoms with Gasteiger partial charge in [0.25, 0.3) is 0 Å². The average Bonchev–Trinajstić information content (AvgIpc) is 3.48. The Morgan fingerprint density at radius 2 is 1.65 bits per heavy atom. The number of hydrogen-bond acceptors (Lipinski definition) is 8. The van der Waals surface area contributed by atoms with Gasteiger partial charge in [-0.05, 0) is 70.2 Å². The van der Waals surface area contributed by atoms with Crippen molar-refractivity contribution >= 4 is 35.1 Å². The Hall–Kier alpha value is -2.86. The van der Waals surface area contributed by atoms with E-state index in [1.54, 1.807) is 24.3 Å². The number of aromatic nitrogens is 1. The van der Waals surface area contributed by atoms with Crippen molar-refractivity contribution in [2.45, 2.75) is 24.3 Å². The van der Waals surface area contributed by atoms with E-state index in [2.05, 4.69) is 4.98 Å². The minimum absolute atomic E-state index is 0.110. The van der Waals surface area contributed by atoms with Crippen molar-refractivity contribution in [1.82, 2.24) is 9.88 Å². The molecule has 0 saturated carbocycles. The molecule has 1 saturated heterocycles. The van der Waals surface area contributed by atoms with Crippen LogP contribution in [-0.4, -0.2) is 70.6 Å². The number of aliphatic hydroxyl groups excluding tert-OH is 1. The lowest BCUT2D eigenvalue weighted by Gasteiger charge is -2.25. The fraction of sp³-hybridized carbons (Fsp3) is 0.393. The number of halogens is 4. The Labute approximate surface area is 243 Å². The maximum atomic E-state index is 15.3. The van der Waals surface area contributed by atoms with Crippen molar-refractivity contribution in [3.63, 3.8) is 0 Å². The van der Waals surface area contributed by atoms with Crippen LogP contribution in [0.5, 0.6) is 11.5 Å². The summed E-state index contributed by atoms with van der Waals surface area (Å²) in [5, 5.41) is 6.86. The zero-order chi connectivity index (χ0) is 29.8. The summed E-state index contributed by atoms with van der Waals surface area (Å²) in [5.41, 5.74) is 1.02.